The lowest BCUT2D eigenvalue weighted by atomic mass is 9.98. The molecule has 1 atom stereocenters. The molecule has 1 aliphatic heterocycles. The van der Waals surface area contributed by atoms with Gasteiger partial charge in [0.1, 0.15) is 0 Å². The second-order valence-electron chi connectivity index (χ2n) is 4.16. The van der Waals surface area contributed by atoms with Gasteiger partial charge >= 0.3 is 5.97 Å². The molecule has 17 heavy (non-hydrogen) atoms. The molecular formula is C14H15NO2. The van der Waals surface area contributed by atoms with E-state index in [1.54, 1.807) is 0 Å². The van der Waals surface area contributed by atoms with Gasteiger partial charge in [0.15, 0.2) is 0 Å². The van der Waals surface area contributed by atoms with E-state index >= 15 is 0 Å². The minimum Gasteiger partial charge on any atom is -0.481 e. The van der Waals surface area contributed by atoms with Gasteiger partial charge in [0, 0.05) is 18.2 Å². The summed E-state index contributed by atoms with van der Waals surface area (Å²) in [4.78, 5) is 13.0. The number of carbonyl (C=O) groups is 1. The van der Waals surface area contributed by atoms with Crippen LogP contribution in [0.15, 0.2) is 24.3 Å². The first-order valence-corrected chi connectivity index (χ1v) is 5.67. The Morgan fingerprint density at radius 1 is 1.53 bits per heavy atom. The summed E-state index contributed by atoms with van der Waals surface area (Å²) in [6.45, 7) is 3.24. The van der Waals surface area contributed by atoms with E-state index < -0.39 is 5.97 Å². The normalized spacial score (nSPS) is 17.2. The maximum atomic E-state index is 10.8. The fourth-order valence-corrected chi connectivity index (χ4v) is 2.29. The molecule has 0 aliphatic carbocycles. The van der Waals surface area contributed by atoms with Crippen molar-refractivity contribution in [3.63, 3.8) is 0 Å². The van der Waals surface area contributed by atoms with Crippen molar-refractivity contribution >= 4 is 11.7 Å². The predicted octanol–water partition coefficient (Wildman–Crippen LogP) is 2.09. The minimum absolute atomic E-state index is 0.0855. The smallest absolute Gasteiger partial charge is 0.304 e. The molecule has 0 saturated heterocycles. The lowest BCUT2D eigenvalue weighted by Gasteiger charge is -2.16. The van der Waals surface area contributed by atoms with Crippen LogP contribution >= 0.6 is 0 Å². The summed E-state index contributed by atoms with van der Waals surface area (Å²) in [7, 11) is 0. The first-order valence-electron chi connectivity index (χ1n) is 5.67. The lowest BCUT2D eigenvalue weighted by Crippen LogP contribution is -2.22. The van der Waals surface area contributed by atoms with Crippen molar-refractivity contribution in [3.05, 3.63) is 29.8 Å². The van der Waals surface area contributed by atoms with Crippen molar-refractivity contribution < 1.29 is 9.90 Å². The first-order chi connectivity index (χ1) is 8.22. The highest BCUT2D eigenvalue weighted by atomic mass is 16.4. The SMILES string of the molecule is CC#CCN1CC(CC(=O)O)c2ccccc21. The molecule has 1 N–H and O–H groups in total. The average Bonchev–Trinajstić information content (AvgIpc) is 2.65. The highest BCUT2D eigenvalue weighted by Gasteiger charge is 2.29. The standard InChI is InChI=1S/C14H15NO2/c1-2-3-8-15-10-11(9-14(16)17)12-6-4-5-7-13(12)15/h4-7,11H,8-10H2,1H3,(H,16,17). The first kappa shape index (κ1) is 11.5. The van der Waals surface area contributed by atoms with Gasteiger partial charge in [-0.15, -0.1) is 5.92 Å². The molecule has 0 saturated carbocycles. The third-order valence-electron chi connectivity index (χ3n) is 3.03. The van der Waals surface area contributed by atoms with Crippen molar-refractivity contribution in [1.29, 1.82) is 0 Å². The van der Waals surface area contributed by atoms with Crippen molar-refractivity contribution in [2.45, 2.75) is 19.3 Å². The summed E-state index contributed by atoms with van der Waals surface area (Å²) < 4.78 is 0. The Labute approximate surface area is 101 Å². The van der Waals surface area contributed by atoms with Crippen LogP contribution in [0, 0.1) is 11.8 Å². The van der Waals surface area contributed by atoms with Gasteiger partial charge in [0.05, 0.1) is 13.0 Å². The van der Waals surface area contributed by atoms with Gasteiger partial charge in [-0.3, -0.25) is 4.79 Å². The van der Waals surface area contributed by atoms with E-state index in [-0.39, 0.29) is 12.3 Å². The summed E-state index contributed by atoms with van der Waals surface area (Å²) in [5.41, 5.74) is 2.26. The van der Waals surface area contributed by atoms with Gasteiger partial charge in [0.25, 0.3) is 0 Å². The number of hydrogen-bond acceptors (Lipinski definition) is 2. The molecule has 1 heterocycles. The number of aliphatic carboxylic acids is 1. The molecule has 0 aromatic heterocycles. The van der Waals surface area contributed by atoms with E-state index in [1.165, 1.54) is 0 Å². The summed E-state index contributed by atoms with van der Waals surface area (Å²) in [5.74, 6) is 5.25. The molecule has 1 unspecified atom stereocenters. The van der Waals surface area contributed by atoms with Gasteiger partial charge in [-0.2, -0.15) is 0 Å². The monoisotopic (exact) mass is 229 g/mol. The molecule has 1 aromatic rings. The van der Waals surface area contributed by atoms with Crippen molar-refractivity contribution in [1.82, 2.24) is 0 Å². The van der Waals surface area contributed by atoms with Crippen LogP contribution < -0.4 is 4.90 Å². The molecule has 1 aliphatic rings. The molecular weight excluding hydrogens is 214 g/mol. The van der Waals surface area contributed by atoms with Gasteiger partial charge < -0.3 is 10.0 Å². The van der Waals surface area contributed by atoms with Crippen molar-refractivity contribution in [2.75, 3.05) is 18.0 Å². The molecule has 0 spiro atoms. The summed E-state index contributed by atoms with van der Waals surface area (Å²) in [6, 6.07) is 7.99. The van der Waals surface area contributed by atoms with Gasteiger partial charge in [-0.25, -0.2) is 0 Å². The Bertz CT molecular complexity index is 484. The number of fused-ring (bicyclic) bond motifs is 1. The number of rotatable bonds is 3. The second kappa shape index (κ2) is 4.92. The number of anilines is 1. The maximum Gasteiger partial charge on any atom is 0.304 e. The van der Waals surface area contributed by atoms with Crippen LogP contribution in [0.4, 0.5) is 5.69 Å². The lowest BCUT2D eigenvalue weighted by molar-refractivity contribution is -0.137. The molecule has 2 rings (SSSR count). The van der Waals surface area contributed by atoms with Crippen LogP contribution in [0.1, 0.15) is 24.8 Å². The summed E-state index contributed by atoms with van der Waals surface area (Å²) in [5, 5.41) is 8.92. The quantitative estimate of drug-likeness (QED) is 0.807. The molecule has 0 radical (unpaired) electrons. The van der Waals surface area contributed by atoms with Crippen LogP contribution in [0.5, 0.6) is 0 Å². The molecule has 88 valence electrons. The molecule has 1 aromatic carbocycles. The molecule has 3 heteroatoms. The number of nitrogens with zero attached hydrogens (tertiary/aromatic N) is 1. The zero-order valence-electron chi connectivity index (χ0n) is 9.81. The van der Waals surface area contributed by atoms with Gasteiger partial charge in [0.2, 0.25) is 0 Å². The molecule has 3 nitrogen and oxygen atoms in total. The van der Waals surface area contributed by atoms with Crippen molar-refractivity contribution in [3.8, 4) is 11.8 Å². The van der Waals surface area contributed by atoms with E-state index in [2.05, 4.69) is 16.7 Å². The number of carboxylic acid groups (broad SMARTS) is 1. The van der Waals surface area contributed by atoms with Crippen LogP contribution in [0.25, 0.3) is 0 Å². The second-order valence-corrected chi connectivity index (χ2v) is 4.16. The Hall–Kier alpha value is -1.95. The predicted molar refractivity (Wildman–Crippen MR) is 67.1 cm³/mol. The number of para-hydroxylation sites is 1. The Morgan fingerprint density at radius 2 is 2.29 bits per heavy atom. The zero-order chi connectivity index (χ0) is 12.3. The van der Waals surface area contributed by atoms with Gasteiger partial charge in [-0.1, -0.05) is 24.1 Å². The number of carboxylic acids is 1. The van der Waals surface area contributed by atoms with E-state index in [4.69, 9.17) is 5.11 Å². The summed E-state index contributed by atoms with van der Waals surface area (Å²) >= 11 is 0. The molecule has 0 fully saturated rings. The van der Waals surface area contributed by atoms with Crippen LogP contribution in [0.3, 0.4) is 0 Å². The minimum atomic E-state index is -0.742. The van der Waals surface area contributed by atoms with Crippen LogP contribution in [-0.2, 0) is 4.79 Å². The average molecular weight is 229 g/mol. The van der Waals surface area contributed by atoms with Gasteiger partial charge in [-0.05, 0) is 18.6 Å². The fraction of sp³-hybridized carbons (Fsp3) is 0.357. The third kappa shape index (κ3) is 2.42. The maximum absolute atomic E-state index is 10.8. The largest absolute Gasteiger partial charge is 0.481 e. The Balaban J connectivity index is 2.24. The number of benzene rings is 1. The molecule has 0 bridgehead atoms. The summed E-state index contributed by atoms with van der Waals surface area (Å²) in [6.07, 6.45) is 0.188. The zero-order valence-corrected chi connectivity index (χ0v) is 9.81. The topological polar surface area (TPSA) is 40.5 Å². The fourth-order valence-electron chi connectivity index (χ4n) is 2.29. The highest BCUT2D eigenvalue weighted by Crippen LogP contribution is 2.37. The van der Waals surface area contributed by atoms with Crippen molar-refractivity contribution in [2.24, 2.45) is 0 Å². The third-order valence-corrected chi connectivity index (χ3v) is 3.03. The van der Waals surface area contributed by atoms with E-state index in [9.17, 15) is 4.79 Å². The van der Waals surface area contributed by atoms with E-state index in [0.717, 1.165) is 17.8 Å². The van der Waals surface area contributed by atoms with E-state index in [1.807, 2.05) is 31.2 Å². The van der Waals surface area contributed by atoms with Crippen LogP contribution in [0.2, 0.25) is 0 Å². The molecule has 0 amide bonds. The Morgan fingerprint density at radius 3 is 3.00 bits per heavy atom. The van der Waals surface area contributed by atoms with E-state index in [0.29, 0.717) is 6.54 Å². The van der Waals surface area contributed by atoms with Crippen LogP contribution in [-0.4, -0.2) is 24.2 Å². The highest BCUT2D eigenvalue weighted by molar-refractivity contribution is 5.71. The Kier molecular flexibility index (Phi) is 3.34. The number of hydrogen-bond donors (Lipinski definition) is 1.